The number of halogens is 1. The van der Waals surface area contributed by atoms with Crippen LogP contribution in [0.15, 0.2) is 12.1 Å². The van der Waals surface area contributed by atoms with Gasteiger partial charge in [-0.2, -0.15) is 0 Å². The Kier molecular flexibility index (Phi) is 3.35. The van der Waals surface area contributed by atoms with Crippen LogP contribution >= 0.6 is 11.6 Å². The summed E-state index contributed by atoms with van der Waals surface area (Å²) in [5.74, 6) is 0.0368. The van der Waals surface area contributed by atoms with Crippen molar-refractivity contribution in [3.8, 4) is 0 Å². The van der Waals surface area contributed by atoms with Crippen LogP contribution < -0.4 is 10.6 Å². The smallest absolute Gasteiger partial charge is 0.231 e. The molecular weight excluding hydrogens is 238 g/mol. The van der Waals surface area contributed by atoms with E-state index in [1.807, 2.05) is 13.8 Å². The van der Waals surface area contributed by atoms with Crippen LogP contribution in [0.2, 0.25) is 5.15 Å². The maximum absolute atomic E-state index is 12.2. The summed E-state index contributed by atoms with van der Waals surface area (Å²) >= 11 is 5.77. The average Bonchev–Trinajstić information content (AvgIpc) is 2.71. The molecule has 1 fully saturated rings. The lowest BCUT2D eigenvalue weighted by Crippen LogP contribution is -2.35. The summed E-state index contributed by atoms with van der Waals surface area (Å²) in [6.07, 6.45) is 0.860. The summed E-state index contributed by atoms with van der Waals surface area (Å²) in [7, 11) is 0. The highest BCUT2D eigenvalue weighted by molar-refractivity contribution is 6.29. The zero-order valence-corrected chi connectivity index (χ0v) is 10.8. The highest BCUT2D eigenvalue weighted by atomic mass is 35.5. The number of hydrogen-bond donors (Lipinski definition) is 2. The van der Waals surface area contributed by atoms with Crippen LogP contribution in [0.1, 0.15) is 19.0 Å². The monoisotopic (exact) mass is 253 g/mol. The summed E-state index contributed by atoms with van der Waals surface area (Å²) in [6.45, 7) is 5.42. The molecule has 1 amide bonds. The van der Waals surface area contributed by atoms with Gasteiger partial charge in [0.2, 0.25) is 5.91 Å². The number of pyridine rings is 1. The van der Waals surface area contributed by atoms with Crippen LogP contribution in [0, 0.1) is 12.3 Å². The molecule has 0 bridgehead atoms. The van der Waals surface area contributed by atoms with E-state index in [0.29, 0.717) is 5.15 Å². The molecule has 0 saturated carbocycles. The molecule has 0 aliphatic carbocycles. The Bertz CT molecular complexity index is 441. The predicted octanol–water partition coefficient (Wildman–Crippen LogP) is 1.98. The average molecular weight is 254 g/mol. The van der Waals surface area contributed by atoms with Crippen LogP contribution in [0.4, 0.5) is 5.69 Å². The van der Waals surface area contributed by atoms with Gasteiger partial charge in [-0.3, -0.25) is 4.79 Å². The van der Waals surface area contributed by atoms with Gasteiger partial charge in [-0.15, -0.1) is 0 Å². The van der Waals surface area contributed by atoms with Crippen molar-refractivity contribution in [3.05, 3.63) is 23.0 Å². The van der Waals surface area contributed by atoms with Gasteiger partial charge in [-0.1, -0.05) is 11.6 Å². The molecule has 0 spiro atoms. The molecule has 1 atom stereocenters. The molecule has 4 nitrogen and oxygen atoms in total. The van der Waals surface area contributed by atoms with Crippen molar-refractivity contribution in [2.24, 2.45) is 5.41 Å². The Labute approximate surface area is 106 Å². The fraction of sp³-hybridized carbons (Fsp3) is 0.500. The van der Waals surface area contributed by atoms with Gasteiger partial charge in [0.05, 0.1) is 16.8 Å². The SMILES string of the molecule is Cc1nc(Cl)ccc1NC(=O)C1(C)CCNC1. The van der Waals surface area contributed by atoms with E-state index in [2.05, 4.69) is 15.6 Å². The van der Waals surface area contributed by atoms with Crippen LogP contribution in [0.3, 0.4) is 0 Å². The van der Waals surface area contributed by atoms with E-state index >= 15 is 0 Å². The molecule has 1 aromatic heterocycles. The molecule has 2 N–H and O–H groups in total. The Morgan fingerprint density at radius 1 is 1.59 bits per heavy atom. The molecule has 0 radical (unpaired) electrons. The third-order valence-electron chi connectivity index (χ3n) is 3.22. The lowest BCUT2D eigenvalue weighted by Gasteiger charge is -2.21. The van der Waals surface area contributed by atoms with Gasteiger partial charge in [0.15, 0.2) is 0 Å². The number of anilines is 1. The summed E-state index contributed by atoms with van der Waals surface area (Å²) in [6, 6.07) is 3.47. The van der Waals surface area contributed by atoms with Crippen molar-refractivity contribution < 1.29 is 4.79 Å². The molecule has 2 rings (SSSR count). The van der Waals surface area contributed by atoms with Crippen LogP contribution in [0.25, 0.3) is 0 Å². The maximum atomic E-state index is 12.2. The first-order chi connectivity index (χ1) is 8.01. The minimum atomic E-state index is -0.327. The largest absolute Gasteiger partial charge is 0.324 e. The first kappa shape index (κ1) is 12.3. The number of carbonyl (C=O) groups excluding carboxylic acids is 1. The van der Waals surface area contributed by atoms with E-state index in [-0.39, 0.29) is 11.3 Å². The molecular formula is C12H16ClN3O. The van der Waals surface area contributed by atoms with Gasteiger partial charge >= 0.3 is 0 Å². The second kappa shape index (κ2) is 4.63. The Hall–Kier alpha value is -1.13. The lowest BCUT2D eigenvalue weighted by molar-refractivity contribution is -0.123. The van der Waals surface area contributed by atoms with Gasteiger partial charge in [-0.25, -0.2) is 4.98 Å². The third kappa shape index (κ3) is 2.58. The number of amides is 1. The fourth-order valence-corrected chi connectivity index (χ4v) is 2.14. The van der Waals surface area contributed by atoms with E-state index in [0.717, 1.165) is 30.9 Å². The van der Waals surface area contributed by atoms with E-state index in [1.54, 1.807) is 12.1 Å². The van der Waals surface area contributed by atoms with Crippen molar-refractivity contribution in [3.63, 3.8) is 0 Å². The third-order valence-corrected chi connectivity index (χ3v) is 3.43. The van der Waals surface area contributed by atoms with Gasteiger partial charge in [-0.05, 0) is 38.9 Å². The number of nitrogens with zero attached hydrogens (tertiary/aromatic N) is 1. The van der Waals surface area contributed by atoms with Crippen molar-refractivity contribution in [2.45, 2.75) is 20.3 Å². The number of nitrogens with one attached hydrogen (secondary N) is 2. The molecule has 17 heavy (non-hydrogen) atoms. The predicted molar refractivity (Wildman–Crippen MR) is 68.2 cm³/mol. The Balaban J connectivity index is 2.13. The van der Waals surface area contributed by atoms with Crippen molar-refractivity contribution in [1.82, 2.24) is 10.3 Å². The van der Waals surface area contributed by atoms with E-state index in [1.165, 1.54) is 0 Å². The maximum Gasteiger partial charge on any atom is 0.231 e. The van der Waals surface area contributed by atoms with Gasteiger partial charge in [0.25, 0.3) is 0 Å². The summed E-state index contributed by atoms with van der Waals surface area (Å²) in [5, 5.41) is 6.56. The normalized spacial score (nSPS) is 23.7. The van der Waals surface area contributed by atoms with E-state index in [4.69, 9.17) is 11.6 Å². The molecule has 1 aliphatic rings. The standard InChI is InChI=1S/C12H16ClN3O/c1-8-9(3-4-10(13)15-8)16-11(17)12(2)5-6-14-7-12/h3-4,14H,5-7H2,1-2H3,(H,16,17). The highest BCUT2D eigenvalue weighted by Crippen LogP contribution is 2.27. The van der Waals surface area contributed by atoms with Crippen LogP contribution in [-0.2, 0) is 4.79 Å². The summed E-state index contributed by atoms with van der Waals surface area (Å²) in [4.78, 5) is 16.3. The van der Waals surface area contributed by atoms with Gasteiger partial charge in [0.1, 0.15) is 5.15 Å². The molecule has 5 heteroatoms. The molecule has 2 heterocycles. The first-order valence-corrected chi connectivity index (χ1v) is 6.04. The van der Waals surface area contributed by atoms with Gasteiger partial charge < -0.3 is 10.6 Å². The highest BCUT2D eigenvalue weighted by Gasteiger charge is 2.36. The topological polar surface area (TPSA) is 54.0 Å². The fourth-order valence-electron chi connectivity index (χ4n) is 1.95. The van der Waals surface area contributed by atoms with E-state index < -0.39 is 0 Å². The minimum Gasteiger partial charge on any atom is -0.324 e. The summed E-state index contributed by atoms with van der Waals surface area (Å²) < 4.78 is 0. The molecule has 1 aromatic rings. The lowest BCUT2D eigenvalue weighted by atomic mass is 9.88. The zero-order chi connectivity index (χ0) is 12.5. The molecule has 1 aliphatic heterocycles. The van der Waals surface area contributed by atoms with Crippen molar-refractivity contribution in [2.75, 3.05) is 18.4 Å². The van der Waals surface area contributed by atoms with Crippen molar-refractivity contribution >= 4 is 23.2 Å². The zero-order valence-electron chi connectivity index (χ0n) is 10.0. The molecule has 1 unspecified atom stereocenters. The Morgan fingerprint density at radius 3 is 2.94 bits per heavy atom. The number of hydrogen-bond acceptors (Lipinski definition) is 3. The number of carbonyl (C=O) groups is 1. The Morgan fingerprint density at radius 2 is 2.35 bits per heavy atom. The second-order valence-corrected chi connectivity index (χ2v) is 5.10. The molecule has 1 saturated heterocycles. The molecule has 0 aromatic carbocycles. The summed E-state index contributed by atoms with van der Waals surface area (Å²) in [5.41, 5.74) is 1.14. The minimum absolute atomic E-state index is 0.0368. The number of rotatable bonds is 2. The van der Waals surface area contributed by atoms with E-state index in [9.17, 15) is 4.79 Å². The quantitative estimate of drug-likeness (QED) is 0.793. The molecule has 92 valence electrons. The van der Waals surface area contributed by atoms with Crippen LogP contribution in [-0.4, -0.2) is 24.0 Å². The number of aryl methyl sites for hydroxylation is 1. The first-order valence-electron chi connectivity index (χ1n) is 5.67. The van der Waals surface area contributed by atoms with Crippen LogP contribution in [0.5, 0.6) is 0 Å². The van der Waals surface area contributed by atoms with Crippen molar-refractivity contribution in [1.29, 1.82) is 0 Å². The van der Waals surface area contributed by atoms with Gasteiger partial charge in [0, 0.05) is 6.54 Å². The second-order valence-electron chi connectivity index (χ2n) is 4.71. The number of aromatic nitrogens is 1.